The summed E-state index contributed by atoms with van der Waals surface area (Å²) in [7, 11) is 0. The van der Waals surface area contributed by atoms with E-state index in [1.54, 1.807) is 24.3 Å². The molecule has 0 unspecified atom stereocenters. The number of carbonyl (C=O) groups is 1. The third-order valence-corrected chi connectivity index (χ3v) is 6.65. The summed E-state index contributed by atoms with van der Waals surface area (Å²) in [6.07, 6.45) is -2.18. The maximum absolute atomic E-state index is 14.1. The summed E-state index contributed by atoms with van der Waals surface area (Å²) in [5.74, 6) is -1.60. The zero-order valence-electron chi connectivity index (χ0n) is 18.0. The number of benzene rings is 2. The predicted molar refractivity (Wildman–Crippen MR) is 125 cm³/mol. The quantitative estimate of drug-likeness (QED) is 0.293. The van der Waals surface area contributed by atoms with E-state index in [0.717, 1.165) is 12.1 Å². The maximum atomic E-state index is 14.1. The second-order valence-electron chi connectivity index (χ2n) is 8.27. The summed E-state index contributed by atoms with van der Waals surface area (Å²) in [5.41, 5.74) is -1.01. The molecule has 2 aromatic carbocycles. The molecule has 0 aliphatic heterocycles. The number of halogens is 6. The lowest BCUT2D eigenvalue weighted by molar-refractivity contribution is -0.140. The molecule has 2 N–H and O–H groups in total. The first kappa shape index (κ1) is 25.0. The number of pyridine rings is 1. The largest absolute Gasteiger partial charge is 0.433 e. The fourth-order valence-corrected chi connectivity index (χ4v) is 4.76. The summed E-state index contributed by atoms with van der Waals surface area (Å²) in [5, 5.41) is 15.0. The van der Waals surface area contributed by atoms with Gasteiger partial charge in [0.1, 0.15) is 17.6 Å². The number of amides is 1. The highest BCUT2D eigenvalue weighted by molar-refractivity contribution is 6.38. The molecular formula is C24H18Cl2F4N4O. The van der Waals surface area contributed by atoms with E-state index in [0.29, 0.717) is 36.8 Å². The van der Waals surface area contributed by atoms with Crippen molar-refractivity contribution in [2.75, 3.05) is 5.32 Å². The first-order valence-electron chi connectivity index (χ1n) is 10.7. The first-order chi connectivity index (χ1) is 16.6. The highest BCUT2D eigenvalue weighted by Crippen LogP contribution is 2.35. The summed E-state index contributed by atoms with van der Waals surface area (Å²) < 4.78 is 54.2. The van der Waals surface area contributed by atoms with Crippen molar-refractivity contribution in [2.45, 2.75) is 43.9 Å². The van der Waals surface area contributed by atoms with E-state index in [9.17, 15) is 27.6 Å². The zero-order chi connectivity index (χ0) is 25.3. The molecule has 1 aliphatic carbocycles. The van der Waals surface area contributed by atoms with Crippen molar-refractivity contribution < 1.29 is 22.4 Å². The van der Waals surface area contributed by atoms with Gasteiger partial charge in [0.15, 0.2) is 0 Å². The van der Waals surface area contributed by atoms with Crippen LogP contribution in [-0.2, 0) is 6.18 Å². The van der Waals surface area contributed by atoms with Gasteiger partial charge in [-0.3, -0.25) is 4.79 Å². The van der Waals surface area contributed by atoms with Crippen molar-refractivity contribution in [1.29, 1.82) is 5.26 Å². The smallest absolute Gasteiger partial charge is 0.382 e. The third-order valence-electron chi connectivity index (χ3n) is 5.89. The molecule has 1 aromatic heterocycles. The lowest BCUT2D eigenvalue weighted by Gasteiger charge is -2.31. The topological polar surface area (TPSA) is 77.8 Å². The predicted octanol–water partition coefficient (Wildman–Crippen LogP) is 6.72. The van der Waals surface area contributed by atoms with Gasteiger partial charge in [-0.2, -0.15) is 18.4 Å². The molecule has 1 fully saturated rings. The van der Waals surface area contributed by atoms with Gasteiger partial charge in [-0.05, 0) is 43.9 Å². The summed E-state index contributed by atoms with van der Waals surface area (Å²) >= 11 is 11.8. The van der Waals surface area contributed by atoms with Crippen molar-refractivity contribution in [3.05, 3.63) is 69.1 Å². The number of fused-ring (bicyclic) bond motifs is 1. The molecule has 4 rings (SSSR count). The molecule has 11 heteroatoms. The number of aromatic nitrogens is 1. The molecule has 1 amide bonds. The van der Waals surface area contributed by atoms with Crippen LogP contribution in [0.1, 0.15) is 47.3 Å². The number of carbonyl (C=O) groups excluding carboxylic acids is 1. The number of anilines is 1. The van der Waals surface area contributed by atoms with E-state index in [4.69, 9.17) is 23.2 Å². The van der Waals surface area contributed by atoms with Crippen molar-refractivity contribution in [3.63, 3.8) is 0 Å². The highest BCUT2D eigenvalue weighted by atomic mass is 35.5. The third kappa shape index (κ3) is 5.29. The van der Waals surface area contributed by atoms with E-state index in [2.05, 4.69) is 15.6 Å². The molecule has 0 radical (unpaired) electrons. The van der Waals surface area contributed by atoms with E-state index in [-0.39, 0.29) is 33.7 Å². The Labute approximate surface area is 208 Å². The fourth-order valence-electron chi connectivity index (χ4n) is 4.24. The van der Waals surface area contributed by atoms with Crippen LogP contribution in [-0.4, -0.2) is 23.0 Å². The van der Waals surface area contributed by atoms with Gasteiger partial charge in [0.05, 0.1) is 26.7 Å². The lowest BCUT2D eigenvalue weighted by atomic mass is 9.90. The first-order valence-corrected chi connectivity index (χ1v) is 11.5. The molecule has 3 aromatic rings. The minimum Gasteiger partial charge on any atom is -0.382 e. The Balaban J connectivity index is 1.53. The fraction of sp³-hybridized carbons (Fsp3) is 0.292. The second kappa shape index (κ2) is 9.88. The van der Waals surface area contributed by atoms with E-state index < -0.39 is 28.6 Å². The van der Waals surface area contributed by atoms with E-state index >= 15 is 0 Å². The second-order valence-corrected chi connectivity index (χ2v) is 9.02. The van der Waals surface area contributed by atoms with Crippen LogP contribution in [0.5, 0.6) is 0 Å². The Morgan fingerprint density at radius 1 is 1.11 bits per heavy atom. The average molecular weight is 525 g/mol. The number of hydrogen-bond donors (Lipinski definition) is 2. The standard InChI is InChI=1S/C24H18Cl2F4N4O/c25-21-15(9-17(27)22(26)16(21)11-31)23(35)33-13-5-3-4-12(8-13)32-19-10-20(24(28,29)30)34-18-7-2-1-6-14(18)19/h1-2,6-7,9-10,12-13H,3-5,8H2,(H,32,34)(H,33,35)/t12-,13+/m0/s1. The molecule has 5 nitrogen and oxygen atoms in total. The molecule has 182 valence electrons. The van der Waals surface area contributed by atoms with Crippen molar-refractivity contribution in [2.24, 2.45) is 0 Å². The Bertz CT molecular complexity index is 1340. The molecule has 0 bridgehead atoms. The van der Waals surface area contributed by atoms with Crippen LogP contribution in [0.15, 0.2) is 36.4 Å². The molecule has 2 atom stereocenters. The van der Waals surface area contributed by atoms with Gasteiger partial charge in [0.2, 0.25) is 0 Å². The van der Waals surface area contributed by atoms with Crippen LogP contribution in [0.2, 0.25) is 10.0 Å². The Kier molecular flexibility index (Phi) is 7.06. The number of para-hydroxylation sites is 1. The van der Waals surface area contributed by atoms with Gasteiger partial charge in [0, 0.05) is 23.2 Å². The molecule has 1 heterocycles. The Hall–Kier alpha value is -3.09. The minimum atomic E-state index is -4.60. The molecule has 35 heavy (non-hydrogen) atoms. The van der Waals surface area contributed by atoms with Crippen LogP contribution in [0.3, 0.4) is 0 Å². The Morgan fingerprint density at radius 2 is 1.83 bits per heavy atom. The average Bonchev–Trinajstić information content (AvgIpc) is 2.81. The number of rotatable bonds is 4. The van der Waals surface area contributed by atoms with E-state index in [1.807, 2.05) is 0 Å². The van der Waals surface area contributed by atoms with Gasteiger partial charge < -0.3 is 10.6 Å². The SMILES string of the molecule is N#Cc1c(Cl)c(F)cc(C(=O)N[C@@H]2CCC[C@H](Nc3cc(C(F)(F)F)nc4ccccc34)C2)c1Cl. The van der Waals surface area contributed by atoms with Crippen molar-refractivity contribution >= 4 is 45.7 Å². The van der Waals surface area contributed by atoms with Gasteiger partial charge in [-0.1, -0.05) is 41.4 Å². The van der Waals surface area contributed by atoms with Gasteiger partial charge in [0.25, 0.3) is 5.91 Å². The minimum absolute atomic E-state index is 0.213. The van der Waals surface area contributed by atoms with Crippen molar-refractivity contribution in [1.82, 2.24) is 10.3 Å². The molecular weight excluding hydrogens is 507 g/mol. The monoisotopic (exact) mass is 524 g/mol. The summed E-state index contributed by atoms with van der Waals surface area (Å²) in [4.78, 5) is 16.5. The lowest BCUT2D eigenvalue weighted by Crippen LogP contribution is -2.42. The number of nitrogens with zero attached hydrogens (tertiary/aromatic N) is 2. The van der Waals surface area contributed by atoms with Crippen LogP contribution >= 0.6 is 23.2 Å². The van der Waals surface area contributed by atoms with Crippen LogP contribution in [0.4, 0.5) is 23.2 Å². The van der Waals surface area contributed by atoms with Gasteiger partial charge >= 0.3 is 6.18 Å². The molecule has 1 saturated carbocycles. The molecule has 0 spiro atoms. The molecule has 0 saturated heterocycles. The normalized spacial score (nSPS) is 18.2. The maximum Gasteiger partial charge on any atom is 0.433 e. The van der Waals surface area contributed by atoms with Gasteiger partial charge in [-0.15, -0.1) is 0 Å². The highest BCUT2D eigenvalue weighted by Gasteiger charge is 2.34. The van der Waals surface area contributed by atoms with Crippen molar-refractivity contribution in [3.8, 4) is 6.07 Å². The summed E-state index contributed by atoms with van der Waals surface area (Å²) in [6, 6.07) is 9.53. The zero-order valence-corrected chi connectivity index (χ0v) is 19.5. The van der Waals surface area contributed by atoms with E-state index in [1.165, 1.54) is 6.07 Å². The number of hydrogen-bond acceptors (Lipinski definition) is 4. The number of alkyl halides is 3. The van der Waals surface area contributed by atoms with Crippen LogP contribution < -0.4 is 10.6 Å². The molecule has 1 aliphatic rings. The number of nitriles is 1. The van der Waals surface area contributed by atoms with Crippen LogP contribution in [0.25, 0.3) is 10.9 Å². The summed E-state index contributed by atoms with van der Waals surface area (Å²) in [6.45, 7) is 0. The number of nitrogens with one attached hydrogen (secondary N) is 2. The Morgan fingerprint density at radius 3 is 2.54 bits per heavy atom. The van der Waals surface area contributed by atoms with Gasteiger partial charge in [-0.25, -0.2) is 9.37 Å². The van der Waals surface area contributed by atoms with Crippen LogP contribution in [0, 0.1) is 17.1 Å².